The molecule has 0 saturated carbocycles. The van der Waals surface area contributed by atoms with Gasteiger partial charge in [0.05, 0.1) is 0 Å². The van der Waals surface area contributed by atoms with Gasteiger partial charge in [-0.25, -0.2) is 0 Å². The summed E-state index contributed by atoms with van der Waals surface area (Å²) in [7, 11) is 0. The van der Waals surface area contributed by atoms with E-state index < -0.39 is 5.54 Å². The van der Waals surface area contributed by atoms with Gasteiger partial charge in [-0.15, -0.1) is 0 Å². The number of nitrogens with zero attached hydrogens (tertiary/aromatic N) is 1. The lowest BCUT2D eigenvalue weighted by molar-refractivity contribution is 0.413. The van der Waals surface area contributed by atoms with Crippen LogP contribution in [0.3, 0.4) is 0 Å². The molecule has 2 atom stereocenters. The first-order valence-electron chi connectivity index (χ1n) is 10.4. The minimum absolute atomic E-state index is 0.0407. The Morgan fingerprint density at radius 2 is 2.00 bits per heavy atom. The van der Waals surface area contributed by atoms with E-state index in [-0.39, 0.29) is 5.56 Å². The number of allylic oxidation sites excluding steroid dienone is 3. The van der Waals surface area contributed by atoms with Gasteiger partial charge in [0.2, 0.25) is 5.56 Å². The summed E-state index contributed by atoms with van der Waals surface area (Å²) < 4.78 is 0. The molecule has 0 fully saturated rings. The molecule has 3 nitrogen and oxygen atoms in total. The van der Waals surface area contributed by atoms with Gasteiger partial charge >= 0.3 is 0 Å². The number of pyridine rings is 1. The van der Waals surface area contributed by atoms with Gasteiger partial charge in [0.25, 0.3) is 0 Å². The van der Waals surface area contributed by atoms with Crippen molar-refractivity contribution in [2.45, 2.75) is 45.6 Å². The molecule has 0 aliphatic heterocycles. The normalized spacial score (nSPS) is 24.9. The summed E-state index contributed by atoms with van der Waals surface area (Å²) in [4.78, 5) is 20.1. The van der Waals surface area contributed by atoms with Crippen LogP contribution in [0.15, 0.2) is 75.6 Å². The first-order chi connectivity index (χ1) is 14.1. The van der Waals surface area contributed by atoms with E-state index >= 15 is 0 Å². The van der Waals surface area contributed by atoms with Gasteiger partial charge in [-0.05, 0) is 55.5 Å². The summed E-state index contributed by atoms with van der Waals surface area (Å²) in [5, 5.41) is 0. The number of hydrogen-bond donors (Lipinski definition) is 1. The zero-order chi connectivity index (χ0) is 20.4. The van der Waals surface area contributed by atoms with Crippen LogP contribution >= 0.6 is 0 Å². The van der Waals surface area contributed by atoms with E-state index in [0.29, 0.717) is 5.92 Å². The Bertz CT molecular complexity index is 1080. The first-order valence-corrected chi connectivity index (χ1v) is 10.4. The Hall–Kier alpha value is -2.94. The number of H-pyrrole nitrogens is 1. The van der Waals surface area contributed by atoms with Gasteiger partial charge < -0.3 is 4.98 Å². The molecule has 148 valence electrons. The number of benzene rings is 1. The van der Waals surface area contributed by atoms with Crippen molar-refractivity contribution in [3.8, 4) is 0 Å². The molecule has 0 saturated heterocycles. The van der Waals surface area contributed by atoms with Crippen molar-refractivity contribution < 1.29 is 0 Å². The predicted molar refractivity (Wildman–Crippen MR) is 121 cm³/mol. The van der Waals surface area contributed by atoms with Crippen molar-refractivity contribution >= 4 is 12.3 Å². The number of aromatic nitrogens is 1. The van der Waals surface area contributed by atoms with Crippen LogP contribution in [0.25, 0.3) is 6.08 Å². The highest BCUT2D eigenvalue weighted by molar-refractivity contribution is 5.79. The highest BCUT2D eigenvalue weighted by Crippen LogP contribution is 2.51. The molecule has 2 aromatic rings. The summed E-state index contributed by atoms with van der Waals surface area (Å²) in [6, 6.07) is 12.2. The minimum Gasteiger partial charge on any atom is -0.326 e. The van der Waals surface area contributed by atoms with Crippen LogP contribution in [0.2, 0.25) is 0 Å². The van der Waals surface area contributed by atoms with Crippen molar-refractivity contribution in [2.24, 2.45) is 10.9 Å². The van der Waals surface area contributed by atoms with Crippen LogP contribution < -0.4 is 5.56 Å². The quantitative estimate of drug-likeness (QED) is 0.558. The van der Waals surface area contributed by atoms with E-state index in [9.17, 15) is 4.79 Å². The Labute approximate surface area is 172 Å². The Morgan fingerprint density at radius 1 is 1.21 bits per heavy atom. The molecule has 29 heavy (non-hydrogen) atoms. The molecule has 1 aromatic carbocycles. The third kappa shape index (κ3) is 3.57. The molecule has 1 heterocycles. The van der Waals surface area contributed by atoms with Crippen LogP contribution in [0.5, 0.6) is 0 Å². The number of aryl methyl sites for hydroxylation is 1. The Morgan fingerprint density at radius 3 is 2.72 bits per heavy atom. The van der Waals surface area contributed by atoms with E-state index in [4.69, 9.17) is 4.99 Å². The Balaban J connectivity index is 1.72. The highest BCUT2D eigenvalue weighted by Gasteiger charge is 2.46. The van der Waals surface area contributed by atoms with Gasteiger partial charge in [0.15, 0.2) is 0 Å². The third-order valence-corrected chi connectivity index (χ3v) is 6.14. The zero-order valence-corrected chi connectivity index (χ0v) is 17.4. The van der Waals surface area contributed by atoms with Crippen molar-refractivity contribution in [1.82, 2.24) is 4.98 Å². The topological polar surface area (TPSA) is 45.2 Å². The fourth-order valence-corrected chi connectivity index (χ4v) is 4.84. The molecule has 4 rings (SSSR count). The van der Waals surface area contributed by atoms with E-state index in [0.717, 1.165) is 30.5 Å². The van der Waals surface area contributed by atoms with Crippen molar-refractivity contribution in [1.29, 1.82) is 0 Å². The zero-order valence-electron chi connectivity index (χ0n) is 17.4. The molecule has 3 heteroatoms. The molecule has 1 N–H and O–H groups in total. The maximum Gasteiger partial charge on any atom is 0.248 e. The van der Waals surface area contributed by atoms with Gasteiger partial charge in [-0.3, -0.25) is 9.79 Å². The molecule has 2 aliphatic rings. The minimum atomic E-state index is -0.424. The van der Waals surface area contributed by atoms with Crippen LogP contribution in [0.1, 0.15) is 49.6 Å². The number of aromatic amines is 1. The average Bonchev–Trinajstić information content (AvgIpc) is 2.71. The standard InChI is InChI=1S/C26H28N2O/c1-4-19-8-10-20(11-9-19)7-6-14-27-26-17-18(3)15-21(22(26)5-2)16-24-23(26)12-13-25(29)28-24/h5-15,21H,4,16-17H2,1-3H3,(H,28,29)/b7-6+,22-5+,27-14+. The lowest BCUT2D eigenvalue weighted by atomic mass is 9.63. The average molecular weight is 385 g/mol. The lowest BCUT2D eigenvalue weighted by Gasteiger charge is -2.45. The van der Waals surface area contributed by atoms with E-state index in [1.165, 1.54) is 22.3 Å². The number of hydrogen-bond acceptors (Lipinski definition) is 2. The van der Waals surface area contributed by atoms with Gasteiger partial charge in [0, 0.05) is 35.9 Å². The van der Waals surface area contributed by atoms with Crippen LogP contribution in [-0.4, -0.2) is 11.2 Å². The SMILES string of the molecule is C/C=C1\C2C=C(C)CC1(/N=C/C=C/c1ccc(CC)cc1)c1ccc(=O)[nH]c1C2. The largest absolute Gasteiger partial charge is 0.326 e. The molecule has 1 aromatic heterocycles. The maximum absolute atomic E-state index is 11.9. The molecule has 0 amide bonds. The second-order valence-electron chi connectivity index (χ2n) is 8.05. The summed E-state index contributed by atoms with van der Waals surface area (Å²) in [5.74, 6) is 0.294. The summed E-state index contributed by atoms with van der Waals surface area (Å²) >= 11 is 0. The number of aliphatic imine (C=N–C) groups is 1. The van der Waals surface area contributed by atoms with Gasteiger partial charge in [-0.1, -0.05) is 55.0 Å². The smallest absolute Gasteiger partial charge is 0.248 e. The second kappa shape index (κ2) is 7.82. The van der Waals surface area contributed by atoms with Crippen LogP contribution in [0.4, 0.5) is 0 Å². The van der Waals surface area contributed by atoms with Crippen LogP contribution in [-0.2, 0) is 18.4 Å². The molecule has 2 bridgehead atoms. The molecule has 0 spiro atoms. The molecular weight excluding hydrogens is 356 g/mol. The van der Waals surface area contributed by atoms with E-state index in [1.807, 2.05) is 18.4 Å². The molecule has 0 radical (unpaired) electrons. The van der Waals surface area contributed by atoms with E-state index in [2.05, 4.69) is 68.2 Å². The third-order valence-electron chi connectivity index (χ3n) is 6.14. The molecule has 2 unspecified atom stereocenters. The van der Waals surface area contributed by atoms with Crippen molar-refractivity contribution in [2.75, 3.05) is 0 Å². The number of fused-ring (bicyclic) bond motifs is 4. The predicted octanol–water partition coefficient (Wildman–Crippen LogP) is 5.39. The first kappa shape index (κ1) is 19.4. The highest BCUT2D eigenvalue weighted by atomic mass is 16.1. The monoisotopic (exact) mass is 384 g/mol. The number of rotatable bonds is 4. The van der Waals surface area contributed by atoms with Crippen molar-refractivity contribution in [3.05, 3.63) is 98.5 Å². The fourth-order valence-electron chi connectivity index (χ4n) is 4.84. The number of nitrogens with one attached hydrogen (secondary N) is 1. The van der Waals surface area contributed by atoms with Gasteiger partial charge in [-0.2, -0.15) is 0 Å². The summed E-state index contributed by atoms with van der Waals surface area (Å²) in [6.07, 6.45) is 13.3. The lowest BCUT2D eigenvalue weighted by Crippen LogP contribution is -2.40. The maximum atomic E-state index is 11.9. The molecule has 2 aliphatic carbocycles. The van der Waals surface area contributed by atoms with E-state index in [1.54, 1.807) is 6.07 Å². The fraction of sp³-hybridized carbons (Fsp3) is 0.308. The van der Waals surface area contributed by atoms with Crippen molar-refractivity contribution in [3.63, 3.8) is 0 Å². The van der Waals surface area contributed by atoms with Crippen LogP contribution in [0, 0.1) is 5.92 Å². The van der Waals surface area contributed by atoms with Gasteiger partial charge in [0.1, 0.15) is 5.54 Å². The summed E-state index contributed by atoms with van der Waals surface area (Å²) in [5.41, 5.74) is 6.89. The Kier molecular flexibility index (Phi) is 5.23. The summed E-state index contributed by atoms with van der Waals surface area (Å²) in [6.45, 7) is 6.45. The molecular formula is C26H28N2O. The second-order valence-corrected chi connectivity index (χ2v) is 8.05.